The molecule has 0 aromatic carbocycles. The molecule has 0 saturated heterocycles. The lowest BCUT2D eigenvalue weighted by Crippen LogP contribution is -2.44. The van der Waals surface area contributed by atoms with Gasteiger partial charge in [-0.05, 0) is 32.4 Å². The highest BCUT2D eigenvalue weighted by molar-refractivity contribution is 5.97. The van der Waals surface area contributed by atoms with Crippen molar-refractivity contribution in [2.45, 2.75) is 32.7 Å². The first kappa shape index (κ1) is 12.5. The third kappa shape index (κ3) is 2.32. The first-order valence-corrected chi connectivity index (χ1v) is 5.39. The largest absolute Gasteiger partial charge is 0.397 e. The van der Waals surface area contributed by atoms with Crippen molar-refractivity contribution in [3.05, 3.63) is 24.0 Å². The molecule has 2 N–H and O–H groups in total. The molecular formula is C12H19N3O. The molecule has 0 saturated carbocycles. The van der Waals surface area contributed by atoms with Crippen LogP contribution in [0.25, 0.3) is 0 Å². The lowest BCUT2D eigenvalue weighted by atomic mass is 9.99. The summed E-state index contributed by atoms with van der Waals surface area (Å²) in [5.41, 5.74) is 6.29. The Hall–Kier alpha value is -1.58. The molecule has 0 aliphatic carbocycles. The van der Waals surface area contributed by atoms with E-state index in [1.807, 2.05) is 20.8 Å². The van der Waals surface area contributed by atoms with E-state index in [0.29, 0.717) is 11.4 Å². The molecule has 0 aliphatic heterocycles. The second-order valence-corrected chi connectivity index (χ2v) is 4.47. The predicted molar refractivity (Wildman–Crippen MR) is 65.1 cm³/mol. The Bertz CT molecular complexity index is 388. The number of amides is 1. The molecule has 1 rings (SSSR count). The standard InChI is InChI=1S/C12H19N3O/c1-5-12(2,3)15(4)11(16)10-9(13)7-6-8-14-10/h6-8H,5,13H2,1-4H3. The van der Waals surface area contributed by atoms with Gasteiger partial charge >= 0.3 is 0 Å². The van der Waals surface area contributed by atoms with E-state index < -0.39 is 0 Å². The van der Waals surface area contributed by atoms with Crippen LogP contribution in [-0.4, -0.2) is 28.4 Å². The minimum atomic E-state index is -0.193. The second kappa shape index (κ2) is 4.51. The molecule has 4 heteroatoms. The molecule has 0 fully saturated rings. The smallest absolute Gasteiger partial charge is 0.274 e. The highest BCUT2D eigenvalue weighted by atomic mass is 16.2. The normalized spacial score (nSPS) is 11.2. The summed E-state index contributed by atoms with van der Waals surface area (Å²) in [5.74, 6) is -0.134. The number of anilines is 1. The van der Waals surface area contributed by atoms with Crippen LogP contribution in [0.2, 0.25) is 0 Å². The minimum Gasteiger partial charge on any atom is -0.397 e. The average molecular weight is 221 g/mol. The van der Waals surface area contributed by atoms with E-state index in [9.17, 15) is 4.79 Å². The van der Waals surface area contributed by atoms with Gasteiger partial charge in [-0.15, -0.1) is 0 Å². The van der Waals surface area contributed by atoms with Crippen LogP contribution in [-0.2, 0) is 0 Å². The van der Waals surface area contributed by atoms with Crippen LogP contribution in [0.4, 0.5) is 5.69 Å². The topological polar surface area (TPSA) is 59.2 Å². The van der Waals surface area contributed by atoms with Crippen molar-refractivity contribution < 1.29 is 4.79 Å². The minimum absolute atomic E-state index is 0.134. The zero-order chi connectivity index (χ0) is 12.3. The number of aromatic nitrogens is 1. The lowest BCUT2D eigenvalue weighted by Gasteiger charge is -2.34. The summed E-state index contributed by atoms with van der Waals surface area (Å²) in [7, 11) is 1.78. The number of hydrogen-bond acceptors (Lipinski definition) is 3. The van der Waals surface area contributed by atoms with Crippen molar-refractivity contribution in [1.82, 2.24) is 9.88 Å². The van der Waals surface area contributed by atoms with Crippen molar-refractivity contribution in [3.63, 3.8) is 0 Å². The molecule has 0 atom stereocenters. The summed E-state index contributed by atoms with van der Waals surface area (Å²) >= 11 is 0. The van der Waals surface area contributed by atoms with Gasteiger partial charge in [0.25, 0.3) is 5.91 Å². The van der Waals surface area contributed by atoms with Crippen LogP contribution >= 0.6 is 0 Å². The quantitative estimate of drug-likeness (QED) is 0.848. The Morgan fingerprint density at radius 3 is 2.69 bits per heavy atom. The van der Waals surface area contributed by atoms with Crippen LogP contribution in [0.3, 0.4) is 0 Å². The zero-order valence-corrected chi connectivity index (χ0v) is 10.3. The van der Waals surface area contributed by atoms with Gasteiger partial charge in [0.1, 0.15) is 0 Å². The molecule has 1 heterocycles. The van der Waals surface area contributed by atoms with Gasteiger partial charge in [0.15, 0.2) is 5.69 Å². The van der Waals surface area contributed by atoms with Crippen LogP contribution in [0, 0.1) is 0 Å². The third-order valence-electron chi connectivity index (χ3n) is 3.12. The van der Waals surface area contributed by atoms with E-state index in [0.717, 1.165) is 6.42 Å². The molecule has 1 aromatic rings. The molecule has 88 valence electrons. The van der Waals surface area contributed by atoms with E-state index in [4.69, 9.17) is 5.73 Å². The van der Waals surface area contributed by atoms with Crippen molar-refractivity contribution in [2.75, 3.05) is 12.8 Å². The fraction of sp³-hybridized carbons (Fsp3) is 0.500. The van der Waals surface area contributed by atoms with Crippen molar-refractivity contribution in [2.24, 2.45) is 0 Å². The maximum atomic E-state index is 12.2. The number of hydrogen-bond donors (Lipinski definition) is 1. The number of nitrogen functional groups attached to an aromatic ring is 1. The van der Waals surface area contributed by atoms with Gasteiger partial charge in [-0.25, -0.2) is 4.98 Å². The molecule has 0 bridgehead atoms. The maximum Gasteiger partial charge on any atom is 0.274 e. The van der Waals surface area contributed by atoms with Crippen LogP contribution < -0.4 is 5.73 Å². The third-order valence-corrected chi connectivity index (χ3v) is 3.12. The molecular weight excluding hydrogens is 202 g/mol. The molecule has 4 nitrogen and oxygen atoms in total. The van der Waals surface area contributed by atoms with Gasteiger partial charge in [-0.3, -0.25) is 4.79 Å². The summed E-state index contributed by atoms with van der Waals surface area (Å²) < 4.78 is 0. The molecule has 0 aliphatic rings. The van der Waals surface area contributed by atoms with E-state index in [1.165, 1.54) is 0 Å². The van der Waals surface area contributed by atoms with E-state index in [-0.39, 0.29) is 11.4 Å². The van der Waals surface area contributed by atoms with E-state index in [2.05, 4.69) is 4.98 Å². The van der Waals surface area contributed by atoms with Crippen LogP contribution in [0.15, 0.2) is 18.3 Å². The van der Waals surface area contributed by atoms with E-state index >= 15 is 0 Å². The highest BCUT2D eigenvalue weighted by Crippen LogP contribution is 2.20. The van der Waals surface area contributed by atoms with Gasteiger partial charge in [0.05, 0.1) is 5.69 Å². The first-order valence-electron chi connectivity index (χ1n) is 5.39. The van der Waals surface area contributed by atoms with Crippen LogP contribution in [0.1, 0.15) is 37.7 Å². The van der Waals surface area contributed by atoms with E-state index in [1.54, 1.807) is 30.3 Å². The summed E-state index contributed by atoms with van der Waals surface area (Å²) in [6, 6.07) is 3.41. The Kier molecular flexibility index (Phi) is 3.52. The summed E-state index contributed by atoms with van der Waals surface area (Å²) in [6.45, 7) is 6.08. The van der Waals surface area contributed by atoms with Crippen molar-refractivity contribution in [1.29, 1.82) is 0 Å². The molecule has 1 aromatic heterocycles. The Morgan fingerprint density at radius 2 is 2.19 bits per heavy atom. The number of carbonyl (C=O) groups excluding carboxylic acids is 1. The average Bonchev–Trinajstić information content (AvgIpc) is 2.27. The van der Waals surface area contributed by atoms with Crippen LogP contribution in [0.5, 0.6) is 0 Å². The summed E-state index contributed by atoms with van der Waals surface area (Å²) in [6.07, 6.45) is 2.46. The predicted octanol–water partition coefficient (Wildman–Crippen LogP) is 1.92. The number of nitrogens with zero attached hydrogens (tertiary/aromatic N) is 2. The summed E-state index contributed by atoms with van der Waals surface area (Å²) in [5, 5.41) is 0. The first-order chi connectivity index (χ1) is 7.40. The molecule has 0 spiro atoms. The van der Waals surface area contributed by atoms with Gasteiger partial charge in [-0.1, -0.05) is 6.92 Å². The second-order valence-electron chi connectivity index (χ2n) is 4.47. The fourth-order valence-corrected chi connectivity index (χ4v) is 1.27. The SMILES string of the molecule is CCC(C)(C)N(C)C(=O)c1ncccc1N. The molecule has 16 heavy (non-hydrogen) atoms. The van der Waals surface area contributed by atoms with Crippen molar-refractivity contribution >= 4 is 11.6 Å². The van der Waals surface area contributed by atoms with Gasteiger partial charge in [-0.2, -0.15) is 0 Å². The number of nitrogens with two attached hydrogens (primary N) is 1. The highest BCUT2D eigenvalue weighted by Gasteiger charge is 2.27. The molecule has 0 unspecified atom stereocenters. The molecule has 1 amide bonds. The molecule has 0 radical (unpaired) electrons. The Morgan fingerprint density at radius 1 is 1.56 bits per heavy atom. The maximum absolute atomic E-state index is 12.2. The Balaban J connectivity index is 3.00. The number of pyridine rings is 1. The van der Waals surface area contributed by atoms with Gasteiger partial charge in [0.2, 0.25) is 0 Å². The van der Waals surface area contributed by atoms with Gasteiger partial charge < -0.3 is 10.6 Å². The number of rotatable bonds is 3. The fourth-order valence-electron chi connectivity index (χ4n) is 1.27. The van der Waals surface area contributed by atoms with Gasteiger partial charge in [0, 0.05) is 18.8 Å². The monoisotopic (exact) mass is 221 g/mol. The summed E-state index contributed by atoms with van der Waals surface area (Å²) in [4.78, 5) is 17.9. The van der Waals surface area contributed by atoms with Crippen molar-refractivity contribution in [3.8, 4) is 0 Å². The zero-order valence-electron chi connectivity index (χ0n) is 10.3. The Labute approximate surface area is 96.5 Å². The lowest BCUT2D eigenvalue weighted by molar-refractivity contribution is 0.0615. The number of carbonyl (C=O) groups is 1.